The van der Waals surface area contributed by atoms with Gasteiger partial charge in [0.1, 0.15) is 0 Å². The van der Waals surface area contributed by atoms with Crippen LogP contribution in [0.5, 0.6) is 0 Å². The third-order valence-electron chi connectivity index (χ3n) is 6.03. The lowest BCUT2D eigenvalue weighted by molar-refractivity contribution is 0.0798. The first-order valence-corrected chi connectivity index (χ1v) is 14.2. The van der Waals surface area contributed by atoms with Crippen LogP contribution >= 0.6 is 15.9 Å². The van der Waals surface area contributed by atoms with Crippen LogP contribution in [0.1, 0.15) is 51.3 Å². The fourth-order valence-corrected chi connectivity index (χ4v) is 4.31. The van der Waals surface area contributed by atoms with E-state index in [2.05, 4.69) is 36.7 Å². The van der Waals surface area contributed by atoms with Crippen molar-refractivity contribution < 1.29 is 19.1 Å². The maximum Gasteiger partial charge on any atom is 0.273 e. The summed E-state index contributed by atoms with van der Waals surface area (Å²) in [4.78, 5) is 28.2. The highest BCUT2D eigenvalue weighted by Crippen LogP contribution is 2.22. The summed E-state index contributed by atoms with van der Waals surface area (Å²) < 4.78 is 11.8. The fraction of sp³-hybridized carbons (Fsp3) is 0.323. The van der Waals surface area contributed by atoms with Crippen LogP contribution in [0.15, 0.2) is 76.3 Å². The van der Waals surface area contributed by atoms with Crippen LogP contribution in [0.2, 0.25) is 0 Å². The molecular formula is C31H37BrN4O4. The third kappa shape index (κ3) is 10.3. The Morgan fingerprint density at radius 3 is 2.27 bits per heavy atom. The van der Waals surface area contributed by atoms with Gasteiger partial charge in [0, 0.05) is 42.9 Å². The number of carbonyl (C=O) groups is 2. The van der Waals surface area contributed by atoms with Gasteiger partial charge in [-0.1, -0.05) is 57.9 Å². The summed E-state index contributed by atoms with van der Waals surface area (Å²) in [5.74, 6) is -0.745. The Morgan fingerprint density at radius 2 is 1.62 bits per heavy atom. The number of aryl methyl sites for hydroxylation is 1. The lowest BCUT2D eigenvalue weighted by Crippen LogP contribution is -2.30. The summed E-state index contributed by atoms with van der Waals surface area (Å²) in [7, 11) is 0. The van der Waals surface area contributed by atoms with Crippen LogP contribution in [0.4, 0.5) is 5.69 Å². The van der Waals surface area contributed by atoms with Gasteiger partial charge in [-0.2, -0.15) is 5.10 Å². The van der Waals surface area contributed by atoms with E-state index in [-0.39, 0.29) is 5.91 Å². The predicted molar refractivity (Wildman–Crippen MR) is 163 cm³/mol. The minimum atomic E-state index is -0.435. The van der Waals surface area contributed by atoms with Gasteiger partial charge in [0.2, 0.25) is 0 Å². The van der Waals surface area contributed by atoms with Crippen LogP contribution in [0.25, 0.3) is 0 Å². The number of amides is 2. The highest BCUT2D eigenvalue weighted by atomic mass is 79.9. The zero-order valence-corrected chi connectivity index (χ0v) is 24.9. The number of nitrogens with zero attached hydrogens (tertiary/aromatic N) is 2. The van der Waals surface area contributed by atoms with Crippen LogP contribution < -0.4 is 10.7 Å². The van der Waals surface area contributed by atoms with E-state index < -0.39 is 5.91 Å². The van der Waals surface area contributed by atoms with Crippen LogP contribution in [-0.4, -0.2) is 62.4 Å². The van der Waals surface area contributed by atoms with Gasteiger partial charge in [-0.3, -0.25) is 14.5 Å². The number of hydrazone groups is 1. The molecule has 0 heterocycles. The van der Waals surface area contributed by atoms with Crippen molar-refractivity contribution in [2.24, 2.45) is 5.10 Å². The molecule has 0 aliphatic heterocycles. The Hall–Kier alpha value is -3.37. The van der Waals surface area contributed by atoms with E-state index in [1.54, 1.807) is 36.5 Å². The average molecular weight is 610 g/mol. The molecule has 0 spiro atoms. The van der Waals surface area contributed by atoms with Gasteiger partial charge in [0.05, 0.1) is 30.7 Å². The zero-order chi connectivity index (χ0) is 28.7. The van der Waals surface area contributed by atoms with E-state index >= 15 is 0 Å². The Morgan fingerprint density at radius 1 is 0.925 bits per heavy atom. The molecule has 0 saturated carbocycles. The average Bonchev–Trinajstić information content (AvgIpc) is 2.94. The summed E-state index contributed by atoms with van der Waals surface area (Å²) in [6.07, 6.45) is 1.58. The SMILES string of the molecule is CCOCCN(CCOCC)Cc1ccc(C(=O)Nc2ccc(Br)cc2C(=O)N/N=C/c2cccc(C)c2)cc1. The van der Waals surface area contributed by atoms with Gasteiger partial charge >= 0.3 is 0 Å². The topological polar surface area (TPSA) is 92.3 Å². The molecule has 0 aliphatic carbocycles. The molecule has 3 rings (SSSR count). The molecule has 2 N–H and O–H groups in total. The largest absolute Gasteiger partial charge is 0.380 e. The molecule has 0 fully saturated rings. The number of halogens is 1. The van der Waals surface area contributed by atoms with E-state index in [0.717, 1.165) is 36.3 Å². The van der Waals surface area contributed by atoms with E-state index in [9.17, 15) is 9.59 Å². The predicted octanol–water partition coefficient (Wildman–Crippen LogP) is 5.65. The minimum Gasteiger partial charge on any atom is -0.380 e. The van der Waals surface area contributed by atoms with Gasteiger partial charge in [-0.05, 0) is 62.2 Å². The van der Waals surface area contributed by atoms with Crippen molar-refractivity contribution >= 4 is 39.6 Å². The number of rotatable bonds is 15. The second-order valence-electron chi connectivity index (χ2n) is 9.12. The Kier molecular flexibility index (Phi) is 13.0. The maximum absolute atomic E-state index is 13.1. The molecule has 8 nitrogen and oxygen atoms in total. The summed E-state index contributed by atoms with van der Waals surface area (Å²) in [5.41, 5.74) is 6.77. The first kappa shape index (κ1) is 31.2. The van der Waals surface area contributed by atoms with Crippen molar-refractivity contribution in [3.63, 3.8) is 0 Å². The van der Waals surface area contributed by atoms with E-state index in [0.29, 0.717) is 47.7 Å². The van der Waals surface area contributed by atoms with Gasteiger partial charge < -0.3 is 14.8 Å². The van der Waals surface area contributed by atoms with E-state index in [4.69, 9.17) is 9.47 Å². The van der Waals surface area contributed by atoms with Crippen molar-refractivity contribution in [3.8, 4) is 0 Å². The summed E-state index contributed by atoms with van der Waals surface area (Å²) in [6, 6.07) is 20.3. The number of hydrogen-bond acceptors (Lipinski definition) is 6. The smallest absolute Gasteiger partial charge is 0.273 e. The van der Waals surface area contributed by atoms with Crippen molar-refractivity contribution in [3.05, 3.63) is 99.0 Å². The van der Waals surface area contributed by atoms with Gasteiger partial charge in [-0.25, -0.2) is 5.43 Å². The Bertz CT molecular complexity index is 1270. The molecule has 0 aromatic heterocycles. The highest BCUT2D eigenvalue weighted by Gasteiger charge is 2.15. The zero-order valence-electron chi connectivity index (χ0n) is 23.3. The first-order valence-electron chi connectivity index (χ1n) is 13.4. The molecule has 212 valence electrons. The molecule has 40 heavy (non-hydrogen) atoms. The molecule has 0 bridgehead atoms. The summed E-state index contributed by atoms with van der Waals surface area (Å²) >= 11 is 3.40. The number of hydrogen-bond donors (Lipinski definition) is 2. The van der Waals surface area contributed by atoms with Crippen LogP contribution in [0, 0.1) is 6.92 Å². The fourth-order valence-electron chi connectivity index (χ4n) is 3.95. The van der Waals surface area contributed by atoms with Gasteiger partial charge in [0.25, 0.3) is 11.8 Å². The molecule has 9 heteroatoms. The normalized spacial score (nSPS) is 11.2. The van der Waals surface area contributed by atoms with Crippen molar-refractivity contribution in [2.75, 3.05) is 44.8 Å². The second-order valence-corrected chi connectivity index (χ2v) is 10.0. The Balaban J connectivity index is 1.64. The minimum absolute atomic E-state index is 0.292. The monoisotopic (exact) mass is 608 g/mol. The number of nitrogens with one attached hydrogen (secondary N) is 2. The van der Waals surface area contributed by atoms with Gasteiger partial charge in [-0.15, -0.1) is 0 Å². The van der Waals surface area contributed by atoms with Crippen molar-refractivity contribution in [1.29, 1.82) is 0 Å². The van der Waals surface area contributed by atoms with E-state index in [1.807, 2.05) is 57.2 Å². The summed E-state index contributed by atoms with van der Waals surface area (Å²) in [5, 5.41) is 6.94. The number of carbonyl (C=O) groups excluding carboxylic acids is 2. The highest BCUT2D eigenvalue weighted by molar-refractivity contribution is 9.10. The number of anilines is 1. The molecule has 0 unspecified atom stereocenters. The van der Waals surface area contributed by atoms with Crippen LogP contribution in [-0.2, 0) is 16.0 Å². The molecule has 0 radical (unpaired) electrons. The van der Waals surface area contributed by atoms with Crippen molar-refractivity contribution in [1.82, 2.24) is 10.3 Å². The molecule has 0 aliphatic rings. The standard InChI is InChI=1S/C31H37BrN4O4/c1-4-39-17-15-36(16-18-40-5-2)22-24-9-11-26(12-10-24)30(37)34-29-14-13-27(32)20-28(29)31(38)35-33-21-25-8-6-7-23(3)19-25/h6-14,19-21H,4-5,15-18,22H2,1-3H3,(H,34,37)(H,35,38)/b33-21+. The lowest BCUT2D eigenvalue weighted by atomic mass is 10.1. The molecular weight excluding hydrogens is 572 g/mol. The van der Waals surface area contributed by atoms with E-state index in [1.165, 1.54) is 0 Å². The van der Waals surface area contributed by atoms with Gasteiger partial charge in [0.15, 0.2) is 0 Å². The molecule has 3 aromatic rings. The quantitative estimate of drug-likeness (QED) is 0.132. The Labute approximate surface area is 244 Å². The number of ether oxygens (including phenoxy) is 2. The summed E-state index contributed by atoms with van der Waals surface area (Å²) in [6.45, 7) is 11.0. The van der Waals surface area contributed by atoms with Crippen molar-refractivity contribution in [2.45, 2.75) is 27.3 Å². The number of benzene rings is 3. The lowest BCUT2D eigenvalue weighted by Gasteiger charge is -2.22. The molecule has 0 atom stereocenters. The molecule has 3 aromatic carbocycles. The van der Waals surface area contributed by atoms with Crippen LogP contribution in [0.3, 0.4) is 0 Å². The first-order chi connectivity index (χ1) is 19.4. The molecule has 0 saturated heterocycles. The second kappa shape index (κ2) is 16.7. The third-order valence-corrected chi connectivity index (χ3v) is 6.52. The maximum atomic E-state index is 13.1. The molecule has 2 amide bonds.